The minimum Gasteiger partial charge on any atom is -0.490 e. The molecule has 0 aromatic carbocycles. The van der Waals surface area contributed by atoms with E-state index in [1.807, 2.05) is 6.92 Å². The molecule has 7 nitrogen and oxygen atoms in total. The third-order valence-corrected chi connectivity index (χ3v) is 2.63. The first kappa shape index (κ1) is 14.1. The SMILES string of the molecule is CCCNc1ncnc(NCc2ncc(C)o2)c1OC. The Morgan fingerprint density at radius 3 is 2.55 bits per heavy atom. The summed E-state index contributed by atoms with van der Waals surface area (Å²) < 4.78 is 10.8. The van der Waals surface area contributed by atoms with E-state index in [0.29, 0.717) is 29.8 Å². The number of anilines is 2. The first-order chi connectivity index (χ1) is 9.74. The van der Waals surface area contributed by atoms with Gasteiger partial charge in [0, 0.05) is 6.54 Å². The zero-order valence-electron chi connectivity index (χ0n) is 11.9. The molecule has 0 amide bonds. The molecule has 0 radical (unpaired) electrons. The lowest BCUT2D eigenvalue weighted by Gasteiger charge is -2.13. The summed E-state index contributed by atoms with van der Waals surface area (Å²) in [6, 6.07) is 0. The molecule has 0 bridgehead atoms. The van der Waals surface area contributed by atoms with Gasteiger partial charge in [0.2, 0.25) is 11.6 Å². The highest BCUT2D eigenvalue weighted by molar-refractivity contribution is 5.63. The van der Waals surface area contributed by atoms with Crippen LogP contribution in [0.5, 0.6) is 5.75 Å². The van der Waals surface area contributed by atoms with Crippen molar-refractivity contribution in [2.24, 2.45) is 0 Å². The Labute approximate surface area is 117 Å². The van der Waals surface area contributed by atoms with Gasteiger partial charge in [0.1, 0.15) is 12.1 Å². The van der Waals surface area contributed by atoms with Gasteiger partial charge in [0.05, 0.1) is 19.9 Å². The van der Waals surface area contributed by atoms with Crippen molar-refractivity contribution in [3.05, 3.63) is 24.2 Å². The van der Waals surface area contributed by atoms with E-state index in [9.17, 15) is 0 Å². The Balaban J connectivity index is 2.10. The van der Waals surface area contributed by atoms with E-state index >= 15 is 0 Å². The van der Waals surface area contributed by atoms with Crippen LogP contribution in [0.1, 0.15) is 25.0 Å². The fraction of sp³-hybridized carbons (Fsp3) is 0.462. The Morgan fingerprint density at radius 1 is 1.20 bits per heavy atom. The van der Waals surface area contributed by atoms with Crippen LogP contribution < -0.4 is 15.4 Å². The zero-order chi connectivity index (χ0) is 14.4. The summed E-state index contributed by atoms with van der Waals surface area (Å²) in [6.45, 7) is 5.21. The van der Waals surface area contributed by atoms with Crippen molar-refractivity contribution < 1.29 is 9.15 Å². The van der Waals surface area contributed by atoms with Gasteiger partial charge in [-0.05, 0) is 13.3 Å². The van der Waals surface area contributed by atoms with Gasteiger partial charge in [-0.25, -0.2) is 15.0 Å². The molecule has 0 unspecified atom stereocenters. The van der Waals surface area contributed by atoms with Gasteiger partial charge >= 0.3 is 0 Å². The number of ether oxygens (including phenoxy) is 1. The Kier molecular flexibility index (Phi) is 4.75. The molecule has 0 fully saturated rings. The van der Waals surface area contributed by atoms with Gasteiger partial charge in [-0.2, -0.15) is 0 Å². The fourth-order valence-electron chi connectivity index (χ4n) is 1.70. The first-order valence-electron chi connectivity index (χ1n) is 6.52. The van der Waals surface area contributed by atoms with Gasteiger partial charge in [-0.1, -0.05) is 6.92 Å². The number of hydrogen-bond acceptors (Lipinski definition) is 7. The quantitative estimate of drug-likeness (QED) is 0.802. The molecule has 2 rings (SSSR count). The molecule has 2 heterocycles. The maximum Gasteiger partial charge on any atom is 0.213 e. The number of methoxy groups -OCH3 is 1. The minimum absolute atomic E-state index is 0.439. The molecule has 0 aliphatic heterocycles. The van der Waals surface area contributed by atoms with Gasteiger partial charge < -0.3 is 19.8 Å². The van der Waals surface area contributed by atoms with Crippen LogP contribution in [0.25, 0.3) is 0 Å². The molecule has 0 spiro atoms. The van der Waals surface area contributed by atoms with E-state index in [4.69, 9.17) is 9.15 Å². The summed E-state index contributed by atoms with van der Waals surface area (Å²) in [4.78, 5) is 12.5. The fourth-order valence-corrected chi connectivity index (χ4v) is 1.70. The van der Waals surface area contributed by atoms with Gasteiger partial charge in [-0.3, -0.25) is 0 Å². The third-order valence-electron chi connectivity index (χ3n) is 2.63. The number of aryl methyl sites for hydroxylation is 1. The molecular weight excluding hydrogens is 258 g/mol. The minimum atomic E-state index is 0.439. The largest absolute Gasteiger partial charge is 0.490 e. The van der Waals surface area contributed by atoms with Gasteiger partial charge in [-0.15, -0.1) is 0 Å². The number of aromatic nitrogens is 3. The van der Waals surface area contributed by atoms with Gasteiger partial charge in [0.15, 0.2) is 11.6 Å². The highest BCUT2D eigenvalue weighted by atomic mass is 16.5. The van der Waals surface area contributed by atoms with Gasteiger partial charge in [0.25, 0.3) is 0 Å². The average Bonchev–Trinajstić information content (AvgIpc) is 2.88. The maximum absolute atomic E-state index is 5.40. The molecule has 0 aliphatic rings. The number of rotatable bonds is 7. The second kappa shape index (κ2) is 6.74. The summed E-state index contributed by atoms with van der Waals surface area (Å²) in [5, 5.41) is 6.34. The van der Waals surface area contributed by atoms with Crippen molar-refractivity contribution in [3.8, 4) is 5.75 Å². The maximum atomic E-state index is 5.40. The van der Waals surface area contributed by atoms with E-state index in [2.05, 4.69) is 32.5 Å². The van der Waals surface area contributed by atoms with Crippen molar-refractivity contribution in [2.45, 2.75) is 26.8 Å². The van der Waals surface area contributed by atoms with Crippen molar-refractivity contribution in [1.29, 1.82) is 0 Å². The Hall–Kier alpha value is -2.31. The summed E-state index contributed by atoms with van der Waals surface area (Å²) in [5.41, 5.74) is 0. The summed E-state index contributed by atoms with van der Waals surface area (Å²) in [7, 11) is 1.59. The summed E-state index contributed by atoms with van der Waals surface area (Å²) in [6.07, 6.45) is 4.18. The van der Waals surface area contributed by atoms with Crippen LogP contribution in [-0.2, 0) is 6.54 Å². The van der Waals surface area contributed by atoms with Crippen LogP contribution in [0, 0.1) is 6.92 Å². The zero-order valence-corrected chi connectivity index (χ0v) is 11.9. The second-order valence-corrected chi connectivity index (χ2v) is 4.25. The molecule has 0 saturated carbocycles. The Bertz CT molecular complexity index is 555. The van der Waals surface area contributed by atoms with Crippen LogP contribution in [-0.4, -0.2) is 28.6 Å². The second-order valence-electron chi connectivity index (χ2n) is 4.25. The monoisotopic (exact) mass is 277 g/mol. The predicted octanol–water partition coefficient (Wildman–Crippen LogP) is 2.22. The van der Waals surface area contributed by atoms with Crippen LogP contribution in [0.4, 0.5) is 11.6 Å². The number of nitrogens with zero attached hydrogens (tertiary/aromatic N) is 3. The first-order valence-corrected chi connectivity index (χ1v) is 6.52. The number of hydrogen-bond donors (Lipinski definition) is 2. The van der Waals surface area contributed by atoms with Crippen LogP contribution in [0.3, 0.4) is 0 Å². The van der Waals surface area contributed by atoms with Crippen molar-refractivity contribution in [3.63, 3.8) is 0 Å². The number of nitrogens with one attached hydrogen (secondary N) is 2. The Morgan fingerprint density at radius 2 is 1.95 bits per heavy atom. The van der Waals surface area contributed by atoms with E-state index in [-0.39, 0.29) is 0 Å². The predicted molar refractivity (Wildman–Crippen MR) is 75.9 cm³/mol. The molecule has 0 saturated heterocycles. The molecule has 2 aromatic rings. The summed E-state index contributed by atoms with van der Waals surface area (Å²) in [5.74, 6) is 3.25. The topological polar surface area (TPSA) is 85.1 Å². The van der Waals surface area contributed by atoms with E-state index < -0.39 is 0 Å². The van der Waals surface area contributed by atoms with E-state index in [0.717, 1.165) is 18.7 Å². The third kappa shape index (κ3) is 3.37. The standard InChI is InChI=1S/C13H19N5O2/c1-4-5-14-12-11(19-3)13(18-8-17-12)16-7-10-15-6-9(2)20-10/h6,8H,4-5,7H2,1-3H3,(H2,14,16,17,18). The van der Waals surface area contributed by atoms with Crippen LogP contribution in [0.2, 0.25) is 0 Å². The normalized spacial score (nSPS) is 10.3. The lowest BCUT2D eigenvalue weighted by atomic mass is 10.4. The van der Waals surface area contributed by atoms with Crippen LogP contribution in [0.15, 0.2) is 16.9 Å². The average molecular weight is 277 g/mol. The highest BCUT2D eigenvalue weighted by Crippen LogP contribution is 2.29. The number of oxazole rings is 1. The molecule has 108 valence electrons. The molecule has 0 atom stereocenters. The lowest BCUT2D eigenvalue weighted by molar-refractivity contribution is 0.414. The van der Waals surface area contributed by atoms with Crippen molar-refractivity contribution in [2.75, 3.05) is 24.3 Å². The summed E-state index contributed by atoms with van der Waals surface area (Å²) >= 11 is 0. The molecule has 20 heavy (non-hydrogen) atoms. The van der Waals surface area contributed by atoms with E-state index in [1.54, 1.807) is 13.3 Å². The molecule has 0 aliphatic carbocycles. The van der Waals surface area contributed by atoms with Crippen molar-refractivity contribution >= 4 is 11.6 Å². The molecule has 7 heteroatoms. The van der Waals surface area contributed by atoms with Crippen molar-refractivity contribution in [1.82, 2.24) is 15.0 Å². The molecular formula is C13H19N5O2. The van der Waals surface area contributed by atoms with Crippen LogP contribution >= 0.6 is 0 Å². The lowest BCUT2D eigenvalue weighted by Crippen LogP contribution is -2.09. The molecule has 2 aromatic heterocycles. The molecule has 2 N–H and O–H groups in total. The smallest absolute Gasteiger partial charge is 0.213 e. The van der Waals surface area contributed by atoms with E-state index in [1.165, 1.54) is 6.33 Å². The highest BCUT2D eigenvalue weighted by Gasteiger charge is 2.12.